The molecule has 0 aliphatic carbocycles. The molecule has 0 spiro atoms. The molecule has 8 heteroatoms. The zero-order chi connectivity index (χ0) is 9.61. The van der Waals surface area contributed by atoms with Crippen LogP contribution < -0.4 is 0 Å². The molecule has 0 aliphatic heterocycles. The van der Waals surface area contributed by atoms with Crippen LogP contribution >= 0.6 is 31.0 Å². The largest absolute Gasteiger partial charge is 0.554 e. The van der Waals surface area contributed by atoms with Crippen LogP contribution in [0.1, 0.15) is 6.92 Å². The standard InChI is InChI=1S/C4H7Cl2O5P/c1-2-9-11-12(7,8)10-3-4(5)6/h3H,2H2,1H3,(H,7,8). The van der Waals surface area contributed by atoms with Gasteiger partial charge in [-0.3, -0.25) is 4.89 Å². The van der Waals surface area contributed by atoms with Crippen LogP contribution in [-0.2, 0) is 18.7 Å². The molecule has 0 fully saturated rings. The summed E-state index contributed by atoms with van der Waals surface area (Å²) in [7, 11) is -4.23. The molecule has 0 saturated carbocycles. The minimum absolute atomic E-state index is 0.117. The Bertz CT molecular complexity index is 202. The van der Waals surface area contributed by atoms with Crippen LogP contribution in [0.25, 0.3) is 0 Å². The Kier molecular flexibility index (Phi) is 5.92. The normalized spacial score (nSPS) is 15.0. The molecule has 12 heavy (non-hydrogen) atoms. The van der Waals surface area contributed by atoms with Crippen molar-refractivity contribution in [1.82, 2.24) is 0 Å². The molecule has 0 bridgehead atoms. The van der Waals surface area contributed by atoms with Crippen LogP contribution in [0.3, 0.4) is 0 Å². The number of hydrogen-bond donors (Lipinski definition) is 1. The smallest absolute Gasteiger partial charge is 0.408 e. The van der Waals surface area contributed by atoms with E-state index >= 15 is 0 Å². The molecule has 0 radical (unpaired) electrons. The monoisotopic (exact) mass is 236 g/mol. The fourth-order valence-corrected chi connectivity index (χ4v) is 0.969. The van der Waals surface area contributed by atoms with E-state index in [2.05, 4.69) is 14.1 Å². The van der Waals surface area contributed by atoms with Crippen molar-refractivity contribution in [3.63, 3.8) is 0 Å². The molecule has 0 amide bonds. The lowest BCUT2D eigenvalue weighted by atomic mass is 10.9. The Balaban J connectivity index is 3.88. The van der Waals surface area contributed by atoms with Gasteiger partial charge in [0, 0.05) is 0 Å². The van der Waals surface area contributed by atoms with Crippen LogP contribution in [0.15, 0.2) is 10.8 Å². The lowest BCUT2D eigenvalue weighted by Crippen LogP contribution is -1.92. The Morgan fingerprint density at radius 2 is 2.25 bits per heavy atom. The highest BCUT2D eigenvalue weighted by Gasteiger charge is 2.22. The van der Waals surface area contributed by atoms with Crippen LogP contribution in [0.5, 0.6) is 0 Å². The Labute approximate surface area is 79.4 Å². The molecule has 5 nitrogen and oxygen atoms in total. The summed E-state index contributed by atoms with van der Waals surface area (Å²) in [6, 6.07) is 0. The first-order valence-corrected chi connectivity index (χ1v) is 5.06. The second-order valence-electron chi connectivity index (χ2n) is 1.46. The van der Waals surface area contributed by atoms with Gasteiger partial charge in [-0.1, -0.05) is 23.2 Å². The lowest BCUT2D eigenvalue weighted by Gasteiger charge is -2.07. The van der Waals surface area contributed by atoms with Crippen LogP contribution in [-0.4, -0.2) is 11.5 Å². The van der Waals surface area contributed by atoms with Gasteiger partial charge in [0.25, 0.3) is 0 Å². The van der Waals surface area contributed by atoms with E-state index in [1.807, 2.05) is 0 Å². The quantitative estimate of drug-likeness (QED) is 0.344. The van der Waals surface area contributed by atoms with Crippen molar-refractivity contribution in [2.75, 3.05) is 6.61 Å². The van der Waals surface area contributed by atoms with E-state index in [9.17, 15) is 4.57 Å². The molecule has 72 valence electrons. The third kappa shape index (κ3) is 6.91. The lowest BCUT2D eigenvalue weighted by molar-refractivity contribution is -0.218. The third-order valence-corrected chi connectivity index (χ3v) is 1.38. The molecule has 0 saturated heterocycles. The first-order valence-electron chi connectivity index (χ1n) is 2.81. The van der Waals surface area contributed by atoms with E-state index in [0.29, 0.717) is 6.26 Å². The zero-order valence-corrected chi connectivity index (χ0v) is 8.47. The van der Waals surface area contributed by atoms with Gasteiger partial charge in [-0.25, -0.2) is 9.45 Å². The average Bonchev–Trinajstić information content (AvgIpc) is 1.98. The summed E-state index contributed by atoms with van der Waals surface area (Å²) >= 11 is 10.2. The van der Waals surface area contributed by atoms with Crippen molar-refractivity contribution in [2.24, 2.45) is 0 Å². The fourth-order valence-electron chi connectivity index (χ4n) is 0.243. The number of rotatable bonds is 5. The second kappa shape index (κ2) is 5.80. The van der Waals surface area contributed by atoms with E-state index in [4.69, 9.17) is 28.1 Å². The van der Waals surface area contributed by atoms with E-state index < -0.39 is 7.82 Å². The Morgan fingerprint density at radius 1 is 1.67 bits per heavy atom. The summed E-state index contributed by atoms with van der Waals surface area (Å²) < 4.78 is 18.5. The van der Waals surface area contributed by atoms with Crippen molar-refractivity contribution in [3.8, 4) is 0 Å². The minimum Gasteiger partial charge on any atom is -0.408 e. The molecule has 0 aromatic heterocycles. The van der Waals surface area contributed by atoms with Crippen LogP contribution in [0, 0.1) is 0 Å². The molecule has 1 N–H and O–H groups in total. The van der Waals surface area contributed by atoms with Gasteiger partial charge in [0.1, 0.15) is 10.8 Å². The number of phosphoric ester groups is 1. The summed E-state index contributed by atoms with van der Waals surface area (Å²) in [6.07, 6.45) is 0.670. The molecular formula is C4H7Cl2O5P. The third-order valence-electron chi connectivity index (χ3n) is 0.540. The molecule has 0 aliphatic rings. The van der Waals surface area contributed by atoms with Gasteiger partial charge < -0.3 is 4.52 Å². The molecular weight excluding hydrogens is 230 g/mol. The highest BCUT2D eigenvalue weighted by molar-refractivity contribution is 7.47. The summed E-state index contributed by atoms with van der Waals surface area (Å²) in [6.45, 7) is 1.69. The van der Waals surface area contributed by atoms with Gasteiger partial charge in [-0.2, -0.15) is 0 Å². The van der Waals surface area contributed by atoms with Crippen LogP contribution in [0.2, 0.25) is 0 Å². The first kappa shape index (κ1) is 12.2. The summed E-state index contributed by atoms with van der Waals surface area (Å²) in [5.74, 6) is 0. The Hall–Kier alpha value is 0.230. The summed E-state index contributed by atoms with van der Waals surface area (Å²) in [5, 5.41) is 0. The average molecular weight is 237 g/mol. The highest BCUT2D eigenvalue weighted by atomic mass is 35.5. The topological polar surface area (TPSA) is 65.0 Å². The van der Waals surface area contributed by atoms with Gasteiger partial charge in [-0.15, -0.1) is 4.67 Å². The van der Waals surface area contributed by atoms with E-state index in [1.165, 1.54) is 0 Å². The van der Waals surface area contributed by atoms with Crippen molar-refractivity contribution in [1.29, 1.82) is 0 Å². The maximum atomic E-state index is 10.7. The van der Waals surface area contributed by atoms with Gasteiger partial charge in [-0.05, 0) is 6.92 Å². The fraction of sp³-hybridized carbons (Fsp3) is 0.500. The predicted molar refractivity (Wildman–Crippen MR) is 43.4 cm³/mol. The predicted octanol–water partition coefficient (Wildman–Crippen LogP) is 2.35. The van der Waals surface area contributed by atoms with Crippen LogP contribution in [0.4, 0.5) is 0 Å². The van der Waals surface area contributed by atoms with Gasteiger partial charge in [0.15, 0.2) is 0 Å². The summed E-state index contributed by atoms with van der Waals surface area (Å²) in [5.41, 5.74) is 0. The number of halogens is 2. The van der Waals surface area contributed by atoms with Crippen molar-refractivity contribution in [2.45, 2.75) is 6.92 Å². The number of phosphoric acid groups is 1. The second-order valence-corrected chi connectivity index (χ2v) is 3.77. The highest BCUT2D eigenvalue weighted by Crippen LogP contribution is 2.44. The SMILES string of the molecule is CCOOP(=O)(O)OC=C(Cl)Cl. The maximum absolute atomic E-state index is 10.7. The van der Waals surface area contributed by atoms with Gasteiger partial charge >= 0.3 is 7.82 Å². The maximum Gasteiger partial charge on any atom is 0.554 e. The molecule has 0 heterocycles. The Morgan fingerprint density at radius 3 is 2.67 bits per heavy atom. The molecule has 0 aromatic carbocycles. The van der Waals surface area contributed by atoms with Gasteiger partial charge in [0.05, 0.1) is 6.61 Å². The van der Waals surface area contributed by atoms with Gasteiger partial charge in [0.2, 0.25) is 0 Å². The van der Waals surface area contributed by atoms with E-state index in [0.717, 1.165) is 0 Å². The molecule has 0 rings (SSSR count). The van der Waals surface area contributed by atoms with Crippen molar-refractivity contribution < 1.29 is 23.5 Å². The van der Waals surface area contributed by atoms with Crippen molar-refractivity contribution >= 4 is 31.0 Å². The van der Waals surface area contributed by atoms with E-state index in [-0.39, 0.29) is 11.1 Å². The molecule has 0 aromatic rings. The zero-order valence-electron chi connectivity index (χ0n) is 6.07. The van der Waals surface area contributed by atoms with Crippen molar-refractivity contribution in [3.05, 3.63) is 10.8 Å². The number of hydrogen-bond acceptors (Lipinski definition) is 4. The molecule has 1 unspecified atom stereocenters. The first-order chi connectivity index (χ1) is 5.48. The minimum atomic E-state index is -4.23. The van der Waals surface area contributed by atoms with E-state index in [1.54, 1.807) is 6.92 Å². The molecule has 1 atom stereocenters. The summed E-state index contributed by atoms with van der Waals surface area (Å²) in [4.78, 5) is 12.9.